The fourth-order valence-corrected chi connectivity index (χ4v) is 4.49. The minimum absolute atomic E-state index is 0.142. The summed E-state index contributed by atoms with van der Waals surface area (Å²) in [5, 5.41) is 0. The van der Waals surface area contributed by atoms with Gasteiger partial charge < -0.3 is 14.6 Å². The van der Waals surface area contributed by atoms with Gasteiger partial charge in [0.25, 0.3) is 5.91 Å². The zero-order valence-electron chi connectivity index (χ0n) is 12.9. The first-order valence-electron chi connectivity index (χ1n) is 7.81. The third kappa shape index (κ3) is 3.29. The molecule has 2 saturated heterocycles. The van der Waals surface area contributed by atoms with E-state index in [9.17, 15) is 4.79 Å². The van der Waals surface area contributed by atoms with Crippen LogP contribution in [0.5, 0.6) is 0 Å². The zero-order valence-corrected chi connectivity index (χ0v) is 13.7. The van der Waals surface area contributed by atoms with Crippen LogP contribution in [0, 0.1) is 13.8 Å². The number of H-pyrrole nitrogens is 1. The standard InChI is InChI=1S/C16H24N2O2S/c1-11-8-12(2)17-15(11)16(19)18(13-5-7-21-10-13)9-14-4-3-6-20-14/h8,13-14,17H,3-7,9-10H2,1-2H3. The molecule has 2 fully saturated rings. The molecule has 116 valence electrons. The third-order valence-corrected chi connectivity index (χ3v) is 5.54. The highest BCUT2D eigenvalue weighted by molar-refractivity contribution is 7.99. The molecule has 2 aliphatic heterocycles. The van der Waals surface area contributed by atoms with Crippen molar-refractivity contribution in [1.29, 1.82) is 0 Å². The molecule has 0 radical (unpaired) electrons. The van der Waals surface area contributed by atoms with Crippen molar-refractivity contribution in [1.82, 2.24) is 9.88 Å². The van der Waals surface area contributed by atoms with E-state index in [1.54, 1.807) is 0 Å². The maximum absolute atomic E-state index is 13.0. The van der Waals surface area contributed by atoms with E-state index >= 15 is 0 Å². The normalized spacial score (nSPS) is 25.4. The number of ether oxygens (including phenoxy) is 1. The van der Waals surface area contributed by atoms with Crippen molar-refractivity contribution in [3.05, 3.63) is 23.0 Å². The molecule has 1 aromatic heterocycles. The fourth-order valence-electron chi connectivity index (χ4n) is 3.27. The number of aromatic amines is 1. The van der Waals surface area contributed by atoms with E-state index in [1.165, 1.54) is 0 Å². The minimum atomic E-state index is 0.142. The van der Waals surface area contributed by atoms with Gasteiger partial charge in [-0.15, -0.1) is 0 Å². The summed E-state index contributed by atoms with van der Waals surface area (Å²) in [6, 6.07) is 2.40. The molecule has 1 aromatic rings. The molecule has 4 nitrogen and oxygen atoms in total. The lowest BCUT2D eigenvalue weighted by Crippen LogP contribution is -2.45. The van der Waals surface area contributed by atoms with Gasteiger partial charge in [-0.05, 0) is 50.5 Å². The summed E-state index contributed by atoms with van der Waals surface area (Å²) in [5.74, 6) is 2.35. The molecule has 0 aromatic carbocycles. The fraction of sp³-hybridized carbons (Fsp3) is 0.688. The minimum Gasteiger partial charge on any atom is -0.376 e. The summed E-state index contributed by atoms with van der Waals surface area (Å²) >= 11 is 1.95. The molecule has 5 heteroatoms. The van der Waals surface area contributed by atoms with Crippen molar-refractivity contribution in [2.45, 2.75) is 45.3 Å². The quantitative estimate of drug-likeness (QED) is 0.930. The lowest BCUT2D eigenvalue weighted by Gasteiger charge is -2.30. The molecule has 0 bridgehead atoms. The molecule has 1 N–H and O–H groups in total. The van der Waals surface area contributed by atoms with Crippen LogP contribution < -0.4 is 0 Å². The number of nitrogens with zero attached hydrogens (tertiary/aromatic N) is 1. The Morgan fingerprint density at radius 3 is 2.90 bits per heavy atom. The molecule has 1 amide bonds. The Morgan fingerprint density at radius 1 is 1.48 bits per heavy atom. The molecule has 3 heterocycles. The highest BCUT2D eigenvalue weighted by atomic mass is 32.2. The van der Waals surface area contributed by atoms with Gasteiger partial charge in [0.15, 0.2) is 0 Å². The van der Waals surface area contributed by atoms with E-state index in [4.69, 9.17) is 4.74 Å². The predicted molar refractivity (Wildman–Crippen MR) is 86.0 cm³/mol. The van der Waals surface area contributed by atoms with Gasteiger partial charge in [-0.1, -0.05) is 0 Å². The lowest BCUT2D eigenvalue weighted by atomic mass is 10.1. The van der Waals surface area contributed by atoms with Gasteiger partial charge in [0.2, 0.25) is 0 Å². The summed E-state index contributed by atoms with van der Waals surface area (Å²) in [6.45, 7) is 5.58. The summed E-state index contributed by atoms with van der Waals surface area (Å²) in [6.07, 6.45) is 3.51. The third-order valence-electron chi connectivity index (χ3n) is 4.39. The summed E-state index contributed by atoms with van der Waals surface area (Å²) < 4.78 is 5.75. The Morgan fingerprint density at radius 2 is 2.33 bits per heavy atom. The van der Waals surface area contributed by atoms with Crippen molar-refractivity contribution >= 4 is 17.7 Å². The van der Waals surface area contributed by atoms with Crippen molar-refractivity contribution < 1.29 is 9.53 Å². The molecule has 3 rings (SSSR count). The first kappa shape index (κ1) is 15.0. The number of rotatable bonds is 4. The number of aromatic nitrogens is 1. The predicted octanol–water partition coefficient (Wildman–Crippen LogP) is 2.76. The average molecular weight is 308 g/mol. The first-order valence-corrected chi connectivity index (χ1v) is 8.97. The Kier molecular flexibility index (Phi) is 4.60. The van der Waals surface area contributed by atoms with Crippen LogP contribution in [-0.2, 0) is 4.74 Å². The van der Waals surface area contributed by atoms with Gasteiger partial charge in [0, 0.05) is 30.6 Å². The van der Waals surface area contributed by atoms with E-state index in [1.807, 2.05) is 31.7 Å². The van der Waals surface area contributed by atoms with Crippen LogP contribution in [0.15, 0.2) is 6.07 Å². The Labute approximate surface area is 130 Å². The first-order chi connectivity index (χ1) is 10.1. The van der Waals surface area contributed by atoms with Crippen molar-refractivity contribution in [2.75, 3.05) is 24.7 Å². The van der Waals surface area contributed by atoms with E-state index in [2.05, 4.69) is 9.88 Å². The summed E-state index contributed by atoms with van der Waals surface area (Å²) in [5.41, 5.74) is 2.84. The van der Waals surface area contributed by atoms with Crippen LogP contribution >= 0.6 is 11.8 Å². The highest BCUT2D eigenvalue weighted by Gasteiger charge is 2.32. The second-order valence-electron chi connectivity index (χ2n) is 6.12. The molecule has 21 heavy (non-hydrogen) atoms. The molecule has 2 unspecified atom stereocenters. The Bertz CT molecular complexity index is 502. The number of hydrogen-bond donors (Lipinski definition) is 1. The van der Waals surface area contributed by atoms with Gasteiger partial charge in [-0.25, -0.2) is 0 Å². The van der Waals surface area contributed by atoms with E-state index in [0.29, 0.717) is 6.04 Å². The van der Waals surface area contributed by atoms with Gasteiger partial charge in [0.05, 0.1) is 6.10 Å². The van der Waals surface area contributed by atoms with E-state index in [0.717, 1.165) is 60.9 Å². The largest absolute Gasteiger partial charge is 0.376 e. The number of nitrogens with one attached hydrogen (secondary N) is 1. The van der Waals surface area contributed by atoms with Crippen LogP contribution in [0.4, 0.5) is 0 Å². The lowest BCUT2D eigenvalue weighted by molar-refractivity contribution is 0.0437. The Hall–Kier alpha value is -0.940. The average Bonchev–Trinajstić information content (AvgIpc) is 3.16. The van der Waals surface area contributed by atoms with E-state index < -0.39 is 0 Å². The van der Waals surface area contributed by atoms with Gasteiger partial charge >= 0.3 is 0 Å². The SMILES string of the molecule is Cc1cc(C)c(C(=O)N(CC2CCCO2)C2CCSC2)[nH]1. The van der Waals surface area contributed by atoms with Crippen LogP contribution in [0.1, 0.15) is 41.0 Å². The molecular weight excluding hydrogens is 284 g/mol. The van der Waals surface area contributed by atoms with Crippen LogP contribution in [0.3, 0.4) is 0 Å². The molecular formula is C16H24N2O2S. The number of carbonyl (C=O) groups is 1. The number of aryl methyl sites for hydroxylation is 2. The van der Waals surface area contributed by atoms with Gasteiger partial charge in [-0.3, -0.25) is 4.79 Å². The molecule has 0 saturated carbocycles. The van der Waals surface area contributed by atoms with Crippen molar-refractivity contribution in [2.24, 2.45) is 0 Å². The number of amides is 1. The molecule has 0 aliphatic carbocycles. The highest BCUT2D eigenvalue weighted by Crippen LogP contribution is 2.26. The summed E-state index contributed by atoms with van der Waals surface area (Å²) in [4.78, 5) is 18.3. The maximum atomic E-state index is 13.0. The molecule has 2 atom stereocenters. The van der Waals surface area contributed by atoms with Crippen molar-refractivity contribution in [3.8, 4) is 0 Å². The smallest absolute Gasteiger partial charge is 0.270 e. The van der Waals surface area contributed by atoms with Crippen LogP contribution in [0.2, 0.25) is 0 Å². The monoisotopic (exact) mass is 308 g/mol. The second kappa shape index (κ2) is 6.44. The second-order valence-corrected chi connectivity index (χ2v) is 7.27. The summed E-state index contributed by atoms with van der Waals surface area (Å²) in [7, 11) is 0. The van der Waals surface area contributed by atoms with Crippen LogP contribution in [0.25, 0.3) is 0 Å². The van der Waals surface area contributed by atoms with Gasteiger partial charge in [-0.2, -0.15) is 11.8 Å². The van der Waals surface area contributed by atoms with E-state index in [-0.39, 0.29) is 12.0 Å². The maximum Gasteiger partial charge on any atom is 0.270 e. The molecule has 0 spiro atoms. The van der Waals surface area contributed by atoms with Crippen molar-refractivity contribution in [3.63, 3.8) is 0 Å². The zero-order chi connectivity index (χ0) is 14.8. The number of carbonyl (C=O) groups excluding carboxylic acids is 1. The Balaban J connectivity index is 1.79. The number of hydrogen-bond acceptors (Lipinski definition) is 3. The van der Waals surface area contributed by atoms with Gasteiger partial charge in [0.1, 0.15) is 5.69 Å². The number of thioether (sulfide) groups is 1. The molecule has 2 aliphatic rings. The topological polar surface area (TPSA) is 45.3 Å². The van der Waals surface area contributed by atoms with Crippen LogP contribution in [-0.4, -0.2) is 52.6 Å².